The lowest BCUT2D eigenvalue weighted by molar-refractivity contribution is 0.690. The predicted octanol–water partition coefficient (Wildman–Crippen LogP) is 3.86. The van der Waals surface area contributed by atoms with Gasteiger partial charge >= 0.3 is 0 Å². The fourth-order valence-electron chi connectivity index (χ4n) is 3.30. The third kappa shape index (κ3) is 3.64. The second-order valence-corrected chi connectivity index (χ2v) is 8.49. The van der Waals surface area contributed by atoms with Crippen LogP contribution in [0.4, 0.5) is 5.82 Å². The van der Waals surface area contributed by atoms with Gasteiger partial charge in [-0.05, 0) is 36.2 Å². The summed E-state index contributed by atoms with van der Waals surface area (Å²) in [6, 6.07) is 9.56. The highest BCUT2D eigenvalue weighted by Gasteiger charge is 2.13. The number of fused-ring (bicyclic) bond motifs is 1. The molecule has 0 aliphatic carbocycles. The van der Waals surface area contributed by atoms with Crippen molar-refractivity contribution in [3.8, 4) is 10.6 Å². The third-order valence-corrected chi connectivity index (χ3v) is 6.21. The average molecular weight is 437 g/mol. The molecule has 1 aromatic carbocycles. The maximum Gasteiger partial charge on any atom is 0.178 e. The Labute approximate surface area is 180 Å². The van der Waals surface area contributed by atoms with Crippen molar-refractivity contribution >= 4 is 39.9 Å². The molecule has 0 fully saturated rings. The summed E-state index contributed by atoms with van der Waals surface area (Å²) in [6.07, 6.45) is 4.54. The number of aryl methyl sites for hydroxylation is 1. The highest BCUT2D eigenvalue weighted by Crippen LogP contribution is 2.29. The Hall–Kier alpha value is -3.30. The molecule has 5 rings (SSSR count). The second-order valence-electron chi connectivity index (χ2n) is 6.97. The lowest BCUT2D eigenvalue weighted by Gasteiger charge is -2.01. The molecular weight excluding hydrogens is 420 g/mol. The molecule has 0 atom stereocenters. The molecule has 0 aliphatic rings. The molecule has 10 heteroatoms. The summed E-state index contributed by atoms with van der Waals surface area (Å²) in [5.41, 5.74) is 11.3. The number of H-pyrrole nitrogens is 1. The molecule has 0 saturated heterocycles. The first-order valence-corrected chi connectivity index (χ1v) is 10.4. The van der Waals surface area contributed by atoms with E-state index >= 15 is 0 Å². The van der Waals surface area contributed by atoms with E-state index in [1.807, 2.05) is 54.3 Å². The molecule has 0 saturated carbocycles. The lowest BCUT2D eigenvalue weighted by Crippen LogP contribution is -1.99. The normalized spacial score (nSPS) is 11.4. The quantitative estimate of drug-likeness (QED) is 0.432. The third-order valence-electron chi connectivity index (χ3n) is 4.77. The fourth-order valence-corrected chi connectivity index (χ4v) is 4.49. The van der Waals surface area contributed by atoms with Gasteiger partial charge in [0.05, 0.1) is 18.4 Å². The van der Waals surface area contributed by atoms with Crippen molar-refractivity contribution in [2.24, 2.45) is 0 Å². The smallest absolute Gasteiger partial charge is 0.178 e. The van der Waals surface area contributed by atoms with E-state index < -0.39 is 0 Å². The number of thiazole rings is 1. The van der Waals surface area contributed by atoms with Gasteiger partial charge in [-0.2, -0.15) is 5.10 Å². The van der Waals surface area contributed by atoms with E-state index in [9.17, 15) is 0 Å². The summed E-state index contributed by atoms with van der Waals surface area (Å²) in [5.74, 6) is 0.436. The van der Waals surface area contributed by atoms with Crippen LogP contribution in [0, 0.1) is 6.92 Å². The van der Waals surface area contributed by atoms with Gasteiger partial charge in [0.1, 0.15) is 16.3 Å². The van der Waals surface area contributed by atoms with Crippen molar-refractivity contribution in [2.75, 3.05) is 5.73 Å². The number of pyridine rings is 1. The van der Waals surface area contributed by atoms with Gasteiger partial charge in [-0.1, -0.05) is 28.9 Å². The number of nitrogen functional groups attached to an aromatic ring is 1. The van der Waals surface area contributed by atoms with Crippen LogP contribution in [0.1, 0.15) is 21.7 Å². The summed E-state index contributed by atoms with van der Waals surface area (Å²) in [4.78, 5) is 10.1. The van der Waals surface area contributed by atoms with Crippen LogP contribution in [0.3, 0.4) is 0 Å². The highest BCUT2D eigenvalue weighted by atomic mass is 35.5. The van der Waals surface area contributed by atoms with Crippen LogP contribution in [0.25, 0.3) is 21.7 Å². The molecule has 0 aliphatic heterocycles. The van der Waals surface area contributed by atoms with E-state index in [1.165, 1.54) is 4.88 Å². The van der Waals surface area contributed by atoms with Crippen molar-refractivity contribution < 1.29 is 0 Å². The zero-order chi connectivity index (χ0) is 20.7. The fraction of sp³-hybridized carbons (Fsp3) is 0.150. The van der Waals surface area contributed by atoms with E-state index in [1.54, 1.807) is 11.3 Å². The molecule has 0 spiro atoms. The molecule has 4 heterocycles. The standard InChI is InChI=1S/C20H17ClN8S/c1-11-16(30-20(24-11)13-2-4-15(21)5-3-13)10-29-9-12(8-23-29)6-14-7-17(22)25-19-18(14)26-28-27-19/h2-5,7-9H,6,10H2,1H3,(H3,22,25,26,27,28). The van der Waals surface area contributed by atoms with Crippen molar-refractivity contribution in [2.45, 2.75) is 19.9 Å². The predicted molar refractivity (Wildman–Crippen MR) is 118 cm³/mol. The molecule has 8 nitrogen and oxygen atoms in total. The molecular formula is C20H17ClN8S. The van der Waals surface area contributed by atoms with E-state index in [0.717, 1.165) is 37.9 Å². The van der Waals surface area contributed by atoms with Crippen molar-refractivity contribution in [1.82, 2.24) is 35.2 Å². The van der Waals surface area contributed by atoms with E-state index in [0.29, 0.717) is 24.4 Å². The summed E-state index contributed by atoms with van der Waals surface area (Å²) >= 11 is 7.66. The molecule has 0 bridgehead atoms. The van der Waals surface area contributed by atoms with Crippen molar-refractivity contribution in [3.05, 3.63) is 69.4 Å². The summed E-state index contributed by atoms with van der Waals surface area (Å²) in [5, 5.41) is 16.9. The van der Waals surface area contributed by atoms with E-state index in [2.05, 4.69) is 25.5 Å². The molecule has 30 heavy (non-hydrogen) atoms. The van der Waals surface area contributed by atoms with Crippen LogP contribution in [0.2, 0.25) is 5.02 Å². The van der Waals surface area contributed by atoms with Crippen LogP contribution >= 0.6 is 22.9 Å². The van der Waals surface area contributed by atoms with Gasteiger partial charge in [0.25, 0.3) is 0 Å². The van der Waals surface area contributed by atoms with Gasteiger partial charge in [-0.15, -0.1) is 16.4 Å². The van der Waals surface area contributed by atoms with Gasteiger partial charge in [-0.3, -0.25) is 4.68 Å². The topological polar surface area (TPSA) is 111 Å². The van der Waals surface area contributed by atoms with Crippen LogP contribution in [-0.2, 0) is 13.0 Å². The van der Waals surface area contributed by atoms with Gasteiger partial charge in [-0.25, -0.2) is 15.1 Å². The Morgan fingerprint density at radius 2 is 2.03 bits per heavy atom. The SMILES string of the molecule is Cc1nc(-c2ccc(Cl)cc2)sc1Cn1cc(Cc2cc(N)nc3[nH]nnc23)cn1. The number of hydrogen-bond donors (Lipinski definition) is 2. The molecule has 5 aromatic rings. The first-order valence-electron chi connectivity index (χ1n) is 9.25. The molecule has 150 valence electrons. The van der Waals surface area contributed by atoms with Crippen LogP contribution in [0.15, 0.2) is 42.7 Å². The zero-order valence-electron chi connectivity index (χ0n) is 16.0. The molecule has 0 amide bonds. The zero-order valence-corrected chi connectivity index (χ0v) is 17.6. The Bertz CT molecular complexity index is 1330. The van der Waals surface area contributed by atoms with E-state index in [4.69, 9.17) is 22.3 Å². The van der Waals surface area contributed by atoms with Gasteiger partial charge in [0.2, 0.25) is 0 Å². The lowest BCUT2D eigenvalue weighted by atomic mass is 10.1. The number of nitrogens with one attached hydrogen (secondary N) is 1. The second kappa shape index (κ2) is 7.51. The average Bonchev–Trinajstić information content (AvgIpc) is 3.44. The molecule has 4 aromatic heterocycles. The minimum absolute atomic E-state index is 0.436. The number of halogens is 1. The van der Waals surface area contributed by atoms with Crippen molar-refractivity contribution in [3.63, 3.8) is 0 Å². The minimum atomic E-state index is 0.436. The first-order chi connectivity index (χ1) is 14.5. The Balaban J connectivity index is 1.36. The Morgan fingerprint density at radius 3 is 2.87 bits per heavy atom. The Kier molecular flexibility index (Phi) is 4.68. The molecule has 0 unspecified atom stereocenters. The van der Waals surface area contributed by atoms with Gasteiger partial charge in [0.15, 0.2) is 5.65 Å². The Morgan fingerprint density at radius 1 is 1.20 bits per heavy atom. The van der Waals surface area contributed by atoms with Crippen LogP contribution in [-0.4, -0.2) is 35.2 Å². The number of nitrogens with zero attached hydrogens (tertiary/aromatic N) is 6. The summed E-state index contributed by atoms with van der Waals surface area (Å²) < 4.78 is 1.92. The number of aromatic amines is 1. The first kappa shape index (κ1) is 18.7. The highest BCUT2D eigenvalue weighted by molar-refractivity contribution is 7.15. The number of nitrogens with two attached hydrogens (primary N) is 1. The number of anilines is 1. The summed E-state index contributed by atoms with van der Waals surface area (Å²) in [7, 11) is 0. The van der Waals surface area contributed by atoms with Gasteiger partial charge in [0, 0.05) is 28.1 Å². The minimum Gasteiger partial charge on any atom is -0.384 e. The molecule has 0 radical (unpaired) electrons. The number of aromatic nitrogens is 7. The summed E-state index contributed by atoms with van der Waals surface area (Å²) in [6.45, 7) is 2.69. The largest absolute Gasteiger partial charge is 0.384 e. The van der Waals surface area contributed by atoms with Gasteiger partial charge < -0.3 is 5.73 Å². The van der Waals surface area contributed by atoms with Crippen LogP contribution < -0.4 is 5.73 Å². The molecule has 3 N–H and O–H groups in total. The number of benzene rings is 1. The van der Waals surface area contributed by atoms with Crippen LogP contribution in [0.5, 0.6) is 0 Å². The van der Waals surface area contributed by atoms with E-state index in [-0.39, 0.29) is 0 Å². The van der Waals surface area contributed by atoms with Crippen molar-refractivity contribution in [1.29, 1.82) is 0 Å². The maximum atomic E-state index is 5.99. The number of rotatable bonds is 5. The maximum absolute atomic E-state index is 5.99. The monoisotopic (exact) mass is 436 g/mol. The number of hydrogen-bond acceptors (Lipinski definition) is 7.